The molecule has 3 aromatic rings. The number of thioether (sulfide) groups is 1. The van der Waals surface area contributed by atoms with Crippen LogP contribution in [0.5, 0.6) is 0 Å². The van der Waals surface area contributed by atoms with Crippen molar-refractivity contribution in [3.63, 3.8) is 0 Å². The summed E-state index contributed by atoms with van der Waals surface area (Å²) in [6.45, 7) is 2.16. The Morgan fingerprint density at radius 2 is 1.68 bits per heavy atom. The van der Waals surface area contributed by atoms with E-state index in [9.17, 15) is 0 Å². The highest BCUT2D eigenvalue weighted by atomic mass is 32.2. The van der Waals surface area contributed by atoms with E-state index in [1.165, 1.54) is 16.5 Å². The zero-order valence-corrected chi connectivity index (χ0v) is 11.7. The van der Waals surface area contributed by atoms with Crippen LogP contribution in [0.1, 0.15) is 6.92 Å². The summed E-state index contributed by atoms with van der Waals surface area (Å²) in [7, 11) is 0. The minimum absolute atomic E-state index is 1.04. The van der Waals surface area contributed by atoms with E-state index in [1.54, 1.807) is 11.8 Å². The molecule has 0 aliphatic rings. The summed E-state index contributed by atoms with van der Waals surface area (Å²) < 4.78 is 0. The predicted octanol–water partition coefficient (Wildman–Crippen LogP) is 5.01. The highest BCUT2D eigenvalue weighted by Crippen LogP contribution is 2.31. The lowest BCUT2D eigenvalue weighted by molar-refractivity contribution is 1.19. The van der Waals surface area contributed by atoms with Crippen molar-refractivity contribution < 1.29 is 0 Å². The van der Waals surface area contributed by atoms with Gasteiger partial charge in [0, 0.05) is 5.39 Å². The van der Waals surface area contributed by atoms with Gasteiger partial charge >= 0.3 is 0 Å². The Bertz CT molecular complexity index is 692. The van der Waals surface area contributed by atoms with Crippen molar-refractivity contribution in [2.75, 3.05) is 5.75 Å². The van der Waals surface area contributed by atoms with Crippen molar-refractivity contribution in [2.45, 2.75) is 11.9 Å². The molecule has 1 heterocycles. The van der Waals surface area contributed by atoms with E-state index in [2.05, 4.69) is 61.5 Å². The third-order valence-corrected chi connectivity index (χ3v) is 3.86. The lowest BCUT2D eigenvalue weighted by atomic mass is 10.0. The number of fused-ring (bicyclic) bond motifs is 1. The molecule has 19 heavy (non-hydrogen) atoms. The van der Waals surface area contributed by atoms with Crippen LogP contribution < -0.4 is 0 Å². The van der Waals surface area contributed by atoms with Crippen molar-refractivity contribution >= 4 is 22.7 Å². The molecular weight excluding hydrogens is 250 g/mol. The first-order chi connectivity index (χ1) is 9.38. The van der Waals surface area contributed by atoms with E-state index in [4.69, 9.17) is 4.98 Å². The molecule has 0 unspecified atom stereocenters. The van der Waals surface area contributed by atoms with Crippen LogP contribution in [-0.2, 0) is 0 Å². The lowest BCUT2D eigenvalue weighted by Crippen LogP contribution is -1.88. The summed E-state index contributed by atoms with van der Waals surface area (Å²) in [5.41, 5.74) is 3.58. The zero-order valence-electron chi connectivity index (χ0n) is 10.8. The highest BCUT2D eigenvalue weighted by Gasteiger charge is 2.07. The Labute approximate surface area is 117 Å². The molecule has 0 aliphatic heterocycles. The van der Waals surface area contributed by atoms with E-state index in [0.29, 0.717) is 0 Å². The number of nitrogens with zero attached hydrogens (tertiary/aromatic N) is 1. The number of pyridine rings is 1. The van der Waals surface area contributed by atoms with Gasteiger partial charge in [0.05, 0.1) is 10.5 Å². The summed E-state index contributed by atoms with van der Waals surface area (Å²) in [6.07, 6.45) is 0. The van der Waals surface area contributed by atoms with Crippen molar-refractivity contribution in [1.29, 1.82) is 0 Å². The van der Waals surface area contributed by atoms with E-state index >= 15 is 0 Å². The monoisotopic (exact) mass is 265 g/mol. The number of rotatable bonds is 3. The van der Waals surface area contributed by atoms with Gasteiger partial charge in [-0.15, -0.1) is 11.8 Å². The Hall–Kier alpha value is -1.80. The molecule has 0 amide bonds. The normalized spacial score (nSPS) is 10.8. The zero-order chi connectivity index (χ0) is 13.1. The second-order valence-electron chi connectivity index (χ2n) is 4.32. The molecule has 0 aliphatic carbocycles. The average Bonchev–Trinajstić information content (AvgIpc) is 2.48. The molecule has 94 valence electrons. The molecule has 3 rings (SSSR count). The molecule has 2 heteroatoms. The van der Waals surface area contributed by atoms with Crippen molar-refractivity contribution in [3.8, 4) is 11.1 Å². The summed E-state index contributed by atoms with van der Waals surface area (Å²) in [6, 6.07) is 21.1. The maximum atomic E-state index is 4.71. The van der Waals surface area contributed by atoms with Crippen LogP contribution in [0.3, 0.4) is 0 Å². The first kappa shape index (κ1) is 12.2. The topological polar surface area (TPSA) is 12.9 Å². The third kappa shape index (κ3) is 2.49. The SMILES string of the molecule is CCSc1cc(-c2ccccc2)c2ccccc2n1. The van der Waals surface area contributed by atoms with Crippen molar-refractivity contribution in [3.05, 3.63) is 60.7 Å². The fraction of sp³-hybridized carbons (Fsp3) is 0.118. The van der Waals surface area contributed by atoms with Crippen molar-refractivity contribution in [1.82, 2.24) is 4.98 Å². The van der Waals surface area contributed by atoms with Crippen LogP contribution in [0.4, 0.5) is 0 Å². The van der Waals surface area contributed by atoms with E-state index in [1.807, 2.05) is 6.07 Å². The minimum Gasteiger partial charge on any atom is -0.241 e. The van der Waals surface area contributed by atoms with Gasteiger partial charge in [-0.3, -0.25) is 0 Å². The van der Waals surface area contributed by atoms with Crippen molar-refractivity contribution in [2.24, 2.45) is 0 Å². The molecule has 2 aromatic carbocycles. The van der Waals surface area contributed by atoms with Crippen LogP contribution in [0.2, 0.25) is 0 Å². The second-order valence-corrected chi connectivity index (χ2v) is 5.61. The maximum Gasteiger partial charge on any atom is 0.0973 e. The first-order valence-electron chi connectivity index (χ1n) is 6.46. The second kappa shape index (κ2) is 5.45. The minimum atomic E-state index is 1.04. The molecule has 0 radical (unpaired) electrons. The maximum absolute atomic E-state index is 4.71. The molecule has 0 bridgehead atoms. The first-order valence-corrected chi connectivity index (χ1v) is 7.45. The number of aromatic nitrogens is 1. The highest BCUT2D eigenvalue weighted by molar-refractivity contribution is 7.99. The van der Waals surface area contributed by atoms with Gasteiger partial charge in [0.2, 0.25) is 0 Å². The summed E-state index contributed by atoms with van der Waals surface area (Å²) in [5.74, 6) is 1.04. The third-order valence-electron chi connectivity index (χ3n) is 3.07. The smallest absolute Gasteiger partial charge is 0.0973 e. The van der Waals surface area contributed by atoms with Crippen LogP contribution in [0, 0.1) is 0 Å². The van der Waals surface area contributed by atoms with Gasteiger partial charge in [0.25, 0.3) is 0 Å². The van der Waals surface area contributed by atoms with Crippen LogP contribution in [0.15, 0.2) is 65.7 Å². The predicted molar refractivity (Wildman–Crippen MR) is 83.6 cm³/mol. The molecule has 1 nitrogen and oxygen atoms in total. The van der Waals surface area contributed by atoms with E-state index in [-0.39, 0.29) is 0 Å². The fourth-order valence-electron chi connectivity index (χ4n) is 2.23. The van der Waals surface area contributed by atoms with Gasteiger partial charge in [-0.2, -0.15) is 0 Å². The van der Waals surface area contributed by atoms with E-state index in [0.717, 1.165) is 16.3 Å². The summed E-state index contributed by atoms with van der Waals surface area (Å²) in [5, 5.41) is 2.31. The van der Waals surface area contributed by atoms with E-state index < -0.39 is 0 Å². The molecule has 0 saturated heterocycles. The van der Waals surface area contributed by atoms with Crippen LogP contribution in [0.25, 0.3) is 22.0 Å². The molecule has 1 aromatic heterocycles. The Kier molecular flexibility index (Phi) is 3.51. The molecule has 0 N–H and O–H groups in total. The number of hydrogen-bond donors (Lipinski definition) is 0. The molecular formula is C17H15NS. The van der Waals surface area contributed by atoms with Gasteiger partial charge < -0.3 is 0 Å². The van der Waals surface area contributed by atoms with Gasteiger partial charge in [-0.25, -0.2) is 4.98 Å². The molecule has 0 saturated carbocycles. The quantitative estimate of drug-likeness (QED) is 0.617. The Morgan fingerprint density at radius 3 is 2.47 bits per heavy atom. The molecule has 0 spiro atoms. The van der Waals surface area contributed by atoms with Gasteiger partial charge in [0.15, 0.2) is 0 Å². The van der Waals surface area contributed by atoms with Crippen LogP contribution in [-0.4, -0.2) is 10.7 Å². The molecule has 0 atom stereocenters. The van der Waals surface area contributed by atoms with Gasteiger partial charge in [0.1, 0.15) is 0 Å². The largest absolute Gasteiger partial charge is 0.241 e. The number of para-hydroxylation sites is 1. The van der Waals surface area contributed by atoms with Crippen LogP contribution >= 0.6 is 11.8 Å². The fourth-order valence-corrected chi connectivity index (χ4v) is 2.89. The number of benzene rings is 2. The summed E-state index contributed by atoms with van der Waals surface area (Å²) >= 11 is 1.79. The summed E-state index contributed by atoms with van der Waals surface area (Å²) in [4.78, 5) is 4.71. The lowest BCUT2D eigenvalue weighted by Gasteiger charge is -2.09. The Balaban J connectivity index is 2.26. The Morgan fingerprint density at radius 1 is 0.947 bits per heavy atom. The standard InChI is InChI=1S/C17H15NS/c1-2-19-17-12-15(13-8-4-3-5-9-13)14-10-6-7-11-16(14)18-17/h3-12H,2H2,1H3. The molecule has 0 fully saturated rings. The van der Waals surface area contributed by atoms with Gasteiger partial charge in [-0.05, 0) is 29.0 Å². The van der Waals surface area contributed by atoms with Gasteiger partial charge in [-0.1, -0.05) is 55.5 Å². The average molecular weight is 265 g/mol. The number of hydrogen-bond acceptors (Lipinski definition) is 2.